The van der Waals surface area contributed by atoms with E-state index in [0.29, 0.717) is 23.6 Å². The maximum Gasteiger partial charge on any atom is 0.254 e. The molecule has 2 heterocycles. The lowest BCUT2D eigenvalue weighted by Crippen LogP contribution is -2.46. The third kappa shape index (κ3) is 2.48. The summed E-state index contributed by atoms with van der Waals surface area (Å²) >= 11 is 5.90. The Bertz CT molecular complexity index is 901. The molecule has 5 heteroatoms. The van der Waals surface area contributed by atoms with Crippen LogP contribution in [0.15, 0.2) is 48.5 Å². The molecular formula is C19H17ClN2O2. The molecule has 2 aromatic carbocycles. The number of fused-ring (bicyclic) bond motifs is 3. The number of aliphatic hydroxyl groups is 1. The molecule has 0 radical (unpaired) electrons. The van der Waals surface area contributed by atoms with Gasteiger partial charge in [-0.2, -0.15) is 0 Å². The molecule has 3 aromatic rings. The summed E-state index contributed by atoms with van der Waals surface area (Å²) in [5, 5.41) is 11.6. The molecule has 0 aliphatic carbocycles. The maximum atomic E-state index is 12.9. The lowest BCUT2D eigenvalue weighted by molar-refractivity contribution is 0.0541. The van der Waals surface area contributed by atoms with Crippen molar-refractivity contribution in [2.45, 2.75) is 19.0 Å². The minimum atomic E-state index is -0.222. The van der Waals surface area contributed by atoms with Gasteiger partial charge in [-0.25, -0.2) is 0 Å². The molecule has 1 aliphatic heterocycles. The summed E-state index contributed by atoms with van der Waals surface area (Å²) in [7, 11) is 0. The second kappa shape index (κ2) is 5.96. The van der Waals surface area contributed by atoms with E-state index in [9.17, 15) is 9.90 Å². The first-order chi connectivity index (χ1) is 11.7. The highest BCUT2D eigenvalue weighted by atomic mass is 35.5. The third-order valence-corrected chi connectivity index (χ3v) is 4.93. The van der Waals surface area contributed by atoms with Crippen molar-refractivity contribution < 1.29 is 9.90 Å². The number of hydrogen-bond donors (Lipinski definition) is 2. The van der Waals surface area contributed by atoms with Crippen molar-refractivity contribution in [2.24, 2.45) is 0 Å². The Morgan fingerprint density at radius 3 is 2.71 bits per heavy atom. The van der Waals surface area contributed by atoms with Crippen molar-refractivity contribution in [2.75, 3.05) is 6.61 Å². The number of carbonyl (C=O) groups excluding carboxylic acids is 1. The SMILES string of the molecule is O=C(c1ccc(Cl)cc1)N1Cc2[nH]c3ccccc3c2CC1CO. The largest absolute Gasteiger partial charge is 0.394 e. The second-order valence-electron chi connectivity index (χ2n) is 6.11. The summed E-state index contributed by atoms with van der Waals surface area (Å²) < 4.78 is 0. The van der Waals surface area contributed by atoms with Gasteiger partial charge in [-0.1, -0.05) is 29.8 Å². The van der Waals surface area contributed by atoms with E-state index in [4.69, 9.17) is 11.6 Å². The van der Waals surface area contributed by atoms with E-state index in [1.165, 1.54) is 10.9 Å². The minimum absolute atomic E-state index is 0.0573. The molecular weight excluding hydrogens is 324 g/mol. The molecule has 1 unspecified atom stereocenters. The molecule has 4 rings (SSSR count). The Labute approximate surface area is 144 Å². The fourth-order valence-electron chi connectivity index (χ4n) is 3.43. The Morgan fingerprint density at radius 1 is 1.21 bits per heavy atom. The number of nitrogens with zero attached hydrogens (tertiary/aromatic N) is 1. The number of rotatable bonds is 2. The van der Waals surface area contributed by atoms with Crippen LogP contribution < -0.4 is 0 Å². The highest BCUT2D eigenvalue weighted by molar-refractivity contribution is 6.30. The first-order valence-corrected chi connectivity index (χ1v) is 8.31. The van der Waals surface area contributed by atoms with Crippen molar-refractivity contribution in [3.8, 4) is 0 Å². The molecule has 1 atom stereocenters. The molecule has 0 saturated heterocycles. The predicted octanol–water partition coefficient (Wildman–Crippen LogP) is 3.38. The summed E-state index contributed by atoms with van der Waals surface area (Å²) in [6, 6.07) is 14.8. The molecule has 1 aliphatic rings. The lowest BCUT2D eigenvalue weighted by Gasteiger charge is -2.34. The van der Waals surface area contributed by atoms with E-state index in [2.05, 4.69) is 11.1 Å². The first kappa shape index (κ1) is 15.2. The Hall–Kier alpha value is -2.30. The average molecular weight is 341 g/mol. The molecule has 1 amide bonds. The maximum absolute atomic E-state index is 12.9. The number of aliphatic hydroxyl groups excluding tert-OH is 1. The van der Waals surface area contributed by atoms with Gasteiger partial charge in [0, 0.05) is 27.2 Å². The smallest absolute Gasteiger partial charge is 0.254 e. The minimum Gasteiger partial charge on any atom is -0.394 e. The van der Waals surface area contributed by atoms with Crippen LogP contribution in [0, 0.1) is 0 Å². The first-order valence-electron chi connectivity index (χ1n) is 7.93. The molecule has 2 N–H and O–H groups in total. The molecule has 0 bridgehead atoms. The molecule has 0 fully saturated rings. The molecule has 0 spiro atoms. The quantitative estimate of drug-likeness (QED) is 0.751. The molecule has 24 heavy (non-hydrogen) atoms. The highest BCUT2D eigenvalue weighted by Crippen LogP contribution is 2.31. The summed E-state index contributed by atoms with van der Waals surface area (Å²) in [6.45, 7) is 0.412. The van der Waals surface area contributed by atoms with Crippen LogP contribution in [0.4, 0.5) is 0 Å². The van der Waals surface area contributed by atoms with Gasteiger partial charge in [0.15, 0.2) is 0 Å². The topological polar surface area (TPSA) is 56.3 Å². The number of amides is 1. The van der Waals surface area contributed by atoms with Crippen molar-refractivity contribution >= 4 is 28.4 Å². The van der Waals surface area contributed by atoms with Crippen LogP contribution in [-0.4, -0.2) is 33.5 Å². The number of aromatic nitrogens is 1. The van der Waals surface area contributed by atoms with Gasteiger partial charge in [-0.15, -0.1) is 0 Å². The van der Waals surface area contributed by atoms with Crippen molar-refractivity contribution in [1.29, 1.82) is 0 Å². The van der Waals surface area contributed by atoms with Gasteiger partial charge < -0.3 is 15.0 Å². The van der Waals surface area contributed by atoms with Crippen molar-refractivity contribution in [3.63, 3.8) is 0 Å². The van der Waals surface area contributed by atoms with Gasteiger partial charge >= 0.3 is 0 Å². The number of para-hydroxylation sites is 1. The Balaban J connectivity index is 1.71. The van der Waals surface area contributed by atoms with Gasteiger partial charge in [0.1, 0.15) is 0 Å². The van der Waals surface area contributed by atoms with Crippen LogP contribution >= 0.6 is 11.6 Å². The second-order valence-corrected chi connectivity index (χ2v) is 6.54. The summed E-state index contributed by atoms with van der Waals surface area (Å²) in [5.41, 5.74) is 3.89. The van der Waals surface area contributed by atoms with Gasteiger partial charge in [-0.05, 0) is 42.3 Å². The zero-order valence-electron chi connectivity index (χ0n) is 13.0. The number of benzene rings is 2. The van der Waals surface area contributed by atoms with Crippen molar-refractivity contribution in [1.82, 2.24) is 9.88 Å². The van der Waals surface area contributed by atoms with E-state index >= 15 is 0 Å². The number of nitrogens with one attached hydrogen (secondary N) is 1. The number of aromatic amines is 1. The van der Waals surface area contributed by atoms with E-state index in [1.807, 2.05) is 18.2 Å². The van der Waals surface area contributed by atoms with E-state index < -0.39 is 0 Å². The molecule has 1 aromatic heterocycles. The van der Waals surface area contributed by atoms with Crippen LogP contribution in [-0.2, 0) is 13.0 Å². The summed E-state index contributed by atoms with van der Waals surface area (Å²) in [6.07, 6.45) is 0.648. The number of H-pyrrole nitrogens is 1. The Morgan fingerprint density at radius 2 is 1.96 bits per heavy atom. The fourth-order valence-corrected chi connectivity index (χ4v) is 3.55. The third-order valence-electron chi connectivity index (χ3n) is 4.67. The van der Waals surface area contributed by atoms with E-state index in [0.717, 1.165) is 11.2 Å². The van der Waals surface area contributed by atoms with Gasteiger partial charge in [0.25, 0.3) is 5.91 Å². The number of halogens is 1. The monoisotopic (exact) mass is 340 g/mol. The number of carbonyl (C=O) groups is 1. The van der Waals surface area contributed by atoms with Crippen LogP contribution in [0.1, 0.15) is 21.6 Å². The van der Waals surface area contributed by atoms with E-state index in [-0.39, 0.29) is 18.6 Å². The zero-order chi connectivity index (χ0) is 16.7. The number of hydrogen-bond acceptors (Lipinski definition) is 2. The van der Waals surface area contributed by atoms with Gasteiger partial charge in [-0.3, -0.25) is 4.79 Å². The van der Waals surface area contributed by atoms with E-state index in [1.54, 1.807) is 29.2 Å². The molecule has 122 valence electrons. The van der Waals surface area contributed by atoms with Crippen LogP contribution in [0.2, 0.25) is 5.02 Å². The lowest BCUT2D eigenvalue weighted by atomic mass is 9.96. The predicted molar refractivity (Wildman–Crippen MR) is 94.2 cm³/mol. The standard InChI is InChI=1S/C19H17ClN2O2/c20-13-7-5-12(6-8-13)19(24)22-10-18-16(9-14(22)11-23)15-3-1-2-4-17(15)21-18/h1-8,14,21,23H,9-11H2. The summed E-state index contributed by atoms with van der Waals surface area (Å²) in [4.78, 5) is 18.0. The van der Waals surface area contributed by atoms with Crippen molar-refractivity contribution in [3.05, 3.63) is 70.4 Å². The Kier molecular flexibility index (Phi) is 3.79. The molecule has 0 saturated carbocycles. The van der Waals surface area contributed by atoms with Crippen LogP contribution in [0.25, 0.3) is 10.9 Å². The summed E-state index contributed by atoms with van der Waals surface area (Å²) in [5.74, 6) is -0.0879. The fraction of sp³-hybridized carbons (Fsp3) is 0.211. The normalized spacial score (nSPS) is 17.1. The highest BCUT2D eigenvalue weighted by Gasteiger charge is 2.32. The van der Waals surface area contributed by atoms with Crippen LogP contribution in [0.3, 0.4) is 0 Å². The molecule has 4 nitrogen and oxygen atoms in total. The average Bonchev–Trinajstić information content (AvgIpc) is 2.98. The zero-order valence-corrected chi connectivity index (χ0v) is 13.8. The van der Waals surface area contributed by atoms with Gasteiger partial charge in [0.2, 0.25) is 0 Å². The van der Waals surface area contributed by atoms with Gasteiger partial charge in [0.05, 0.1) is 19.2 Å². The van der Waals surface area contributed by atoms with Crippen LogP contribution in [0.5, 0.6) is 0 Å².